The summed E-state index contributed by atoms with van der Waals surface area (Å²) in [6.07, 6.45) is 0. The molecular weight excluding hydrogens is 274 g/mol. The van der Waals surface area contributed by atoms with Crippen molar-refractivity contribution in [1.82, 2.24) is 19.7 Å². The van der Waals surface area contributed by atoms with Gasteiger partial charge in [-0.2, -0.15) is 0 Å². The van der Waals surface area contributed by atoms with Crippen molar-refractivity contribution < 1.29 is 4.79 Å². The van der Waals surface area contributed by atoms with Crippen LogP contribution in [0.1, 0.15) is 40.4 Å². The van der Waals surface area contributed by atoms with Crippen LogP contribution in [0.4, 0.5) is 0 Å². The van der Waals surface area contributed by atoms with Crippen LogP contribution in [0.25, 0.3) is 0 Å². The number of aromatic nitrogens is 3. The molecule has 0 bridgehead atoms. The van der Waals surface area contributed by atoms with Crippen LogP contribution >= 0.6 is 11.8 Å². The van der Waals surface area contributed by atoms with E-state index in [9.17, 15) is 4.79 Å². The van der Waals surface area contributed by atoms with Crippen molar-refractivity contribution in [2.75, 3.05) is 5.75 Å². The summed E-state index contributed by atoms with van der Waals surface area (Å²) >= 11 is 1.42. The van der Waals surface area contributed by atoms with E-state index in [0.717, 1.165) is 17.5 Å². The normalized spacial score (nSPS) is 11.4. The summed E-state index contributed by atoms with van der Waals surface area (Å²) in [5.74, 6) is 1.26. The van der Waals surface area contributed by atoms with Crippen LogP contribution in [0.3, 0.4) is 0 Å². The Kier molecular flexibility index (Phi) is 6.48. The second-order valence-corrected chi connectivity index (χ2v) is 6.07. The van der Waals surface area contributed by atoms with Gasteiger partial charge in [-0.05, 0) is 34.6 Å². The van der Waals surface area contributed by atoms with Gasteiger partial charge < -0.3 is 15.2 Å². The van der Waals surface area contributed by atoms with Gasteiger partial charge in [0.15, 0.2) is 5.16 Å². The fraction of sp³-hybridized carbons (Fsp3) is 0.769. The molecule has 0 aliphatic heterocycles. The second-order valence-electron chi connectivity index (χ2n) is 5.12. The highest BCUT2D eigenvalue weighted by molar-refractivity contribution is 7.99. The van der Waals surface area contributed by atoms with Gasteiger partial charge in [-0.3, -0.25) is 4.79 Å². The summed E-state index contributed by atoms with van der Waals surface area (Å²) in [5.41, 5.74) is 5.62. The van der Waals surface area contributed by atoms with Gasteiger partial charge in [0, 0.05) is 18.6 Å². The quantitative estimate of drug-likeness (QED) is 0.772. The van der Waals surface area contributed by atoms with Gasteiger partial charge in [-0.1, -0.05) is 11.8 Å². The SMILES string of the molecule is CCn1c(CN)nnc1SCC(=O)N(C(C)C)C(C)C. The molecule has 0 radical (unpaired) electrons. The number of nitrogens with zero attached hydrogens (tertiary/aromatic N) is 4. The van der Waals surface area contributed by atoms with Crippen LogP contribution in [0.5, 0.6) is 0 Å². The molecule has 0 atom stereocenters. The predicted octanol–water partition coefficient (Wildman–Crippen LogP) is 1.49. The molecule has 0 unspecified atom stereocenters. The average Bonchev–Trinajstić information content (AvgIpc) is 2.77. The Labute approximate surface area is 125 Å². The van der Waals surface area contributed by atoms with Gasteiger partial charge in [0.05, 0.1) is 12.3 Å². The molecule has 20 heavy (non-hydrogen) atoms. The minimum Gasteiger partial charge on any atom is -0.337 e. The molecule has 0 saturated heterocycles. The number of carbonyl (C=O) groups excluding carboxylic acids is 1. The van der Waals surface area contributed by atoms with E-state index in [1.165, 1.54) is 11.8 Å². The molecule has 1 aromatic rings. The zero-order valence-electron chi connectivity index (χ0n) is 13.0. The van der Waals surface area contributed by atoms with Crippen LogP contribution in [0.15, 0.2) is 5.16 Å². The molecule has 0 spiro atoms. The fourth-order valence-electron chi connectivity index (χ4n) is 2.27. The third-order valence-electron chi connectivity index (χ3n) is 3.02. The Balaban J connectivity index is 2.71. The lowest BCUT2D eigenvalue weighted by Crippen LogP contribution is -2.43. The number of hydrogen-bond acceptors (Lipinski definition) is 5. The first-order valence-electron chi connectivity index (χ1n) is 6.98. The zero-order chi connectivity index (χ0) is 15.3. The first kappa shape index (κ1) is 17.0. The number of thioether (sulfide) groups is 1. The van der Waals surface area contributed by atoms with E-state index in [0.29, 0.717) is 12.3 Å². The lowest BCUT2D eigenvalue weighted by Gasteiger charge is -2.30. The molecule has 0 aliphatic carbocycles. The highest BCUT2D eigenvalue weighted by Crippen LogP contribution is 2.18. The topological polar surface area (TPSA) is 77.0 Å². The molecular formula is C13H25N5OS. The van der Waals surface area contributed by atoms with E-state index in [1.54, 1.807) is 0 Å². The van der Waals surface area contributed by atoms with E-state index >= 15 is 0 Å². The summed E-state index contributed by atoms with van der Waals surface area (Å²) < 4.78 is 1.95. The van der Waals surface area contributed by atoms with Crippen molar-refractivity contribution in [2.24, 2.45) is 5.73 Å². The largest absolute Gasteiger partial charge is 0.337 e. The number of nitrogens with two attached hydrogens (primary N) is 1. The summed E-state index contributed by atoms with van der Waals surface area (Å²) in [7, 11) is 0. The molecule has 1 aromatic heterocycles. The van der Waals surface area contributed by atoms with Crippen LogP contribution in [-0.2, 0) is 17.9 Å². The van der Waals surface area contributed by atoms with Gasteiger partial charge in [0.2, 0.25) is 5.91 Å². The maximum Gasteiger partial charge on any atom is 0.233 e. The highest BCUT2D eigenvalue weighted by Gasteiger charge is 2.21. The summed E-state index contributed by atoms with van der Waals surface area (Å²) in [6, 6.07) is 0.401. The molecule has 0 aromatic carbocycles. The van der Waals surface area contributed by atoms with E-state index in [1.807, 2.05) is 44.1 Å². The van der Waals surface area contributed by atoms with Crippen molar-refractivity contribution in [3.63, 3.8) is 0 Å². The minimum atomic E-state index is 0.125. The Hall–Kier alpha value is -1.08. The third kappa shape index (κ3) is 3.96. The standard InChI is InChI=1S/C13H25N5OS/c1-6-17-11(7-14)15-16-13(17)20-8-12(19)18(9(2)3)10(4)5/h9-10H,6-8,14H2,1-5H3. The molecule has 6 nitrogen and oxygen atoms in total. The molecule has 7 heteroatoms. The van der Waals surface area contributed by atoms with E-state index < -0.39 is 0 Å². The van der Waals surface area contributed by atoms with Crippen LogP contribution in [0.2, 0.25) is 0 Å². The molecule has 1 heterocycles. The van der Waals surface area contributed by atoms with E-state index in [-0.39, 0.29) is 18.0 Å². The van der Waals surface area contributed by atoms with E-state index in [2.05, 4.69) is 10.2 Å². The first-order valence-corrected chi connectivity index (χ1v) is 7.97. The van der Waals surface area contributed by atoms with Crippen LogP contribution in [-0.4, -0.2) is 43.4 Å². The number of hydrogen-bond donors (Lipinski definition) is 1. The highest BCUT2D eigenvalue weighted by atomic mass is 32.2. The van der Waals surface area contributed by atoms with Crippen molar-refractivity contribution >= 4 is 17.7 Å². The average molecular weight is 299 g/mol. The van der Waals surface area contributed by atoms with Gasteiger partial charge in [-0.15, -0.1) is 10.2 Å². The van der Waals surface area contributed by atoms with Gasteiger partial charge >= 0.3 is 0 Å². The molecule has 2 N–H and O–H groups in total. The Bertz CT molecular complexity index is 436. The first-order chi connectivity index (χ1) is 9.42. The van der Waals surface area contributed by atoms with Gasteiger partial charge in [0.1, 0.15) is 5.82 Å². The lowest BCUT2D eigenvalue weighted by molar-refractivity contribution is -0.131. The maximum absolute atomic E-state index is 12.3. The molecule has 0 aliphatic rings. The van der Waals surface area contributed by atoms with Crippen LogP contribution in [0, 0.1) is 0 Å². The maximum atomic E-state index is 12.3. The Morgan fingerprint density at radius 3 is 2.35 bits per heavy atom. The van der Waals surface area contributed by atoms with Crippen molar-refractivity contribution in [3.8, 4) is 0 Å². The van der Waals surface area contributed by atoms with Gasteiger partial charge in [0.25, 0.3) is 0 Å². The van der Waals surface area contributed by atoms with E-state index in [4.69, 9.17) is 5.73 Å². The van der Waals surface area contributed by atoms with Crippen molar-refractivity contribution in [3.05, 3.63) is 5.82 Å². The van der Waals surface area contributed by atoms with Crippen molar-refractivity contribution in [2.45, 2.75) is 64.9 Å². The number of carbonyl (C=O) groups is 1. The molecule has 1 amide bonds. The Morgan fingerprint density at radius 2 is 1.90 bits per heavy atom. The summed E-state index contributed by atoms with van der Waals surface area (Å²) in [4.78, 5) is 14.2. The lowest BCUT2D eigenvalue weighted by atomic mass is 10.2. The molecule has 0 fully saturated rings. The van der Waals surface area contributed by atoms with Crippen molar-refractivity contribution in [1.29, 1.82) is 0 Å². The molecule has 1 rings (SSSR count). The molecule has 0 saturated carbocycles. The second kappa shape index (κ2) is 7.64. The predicted molar refractivity (Wildman–Crippen MR) is 81.4 cm³/mol. The smallest absolute Gasteiger partial charge is 0.233 e. The third-order valence-corrected chi connectivity index (χ3v) is 3.97. The Morgan fingerprint density at radius 1 is 1.30 bits per heavy atom. The molecule has 114 valence electrons. The fourth-order valence-corrected chi connectivity index (χ4v) is 3.16. The summed E-state index contributed by atoms with van der Waals surface area (Å²) in [6.45, 7) is 11.3. The van der Waals surface area contributed by atoms with Crippen LogP contribution < -0.4 is 5.73 Å². The monoisotopic (exact) mass is 299 g/mol. The minimum absolute atomic E-state index is 0.125. The number of amides is 1. The zero-order valence-corrected chi connectivity index (χ0v) is 13.8. The van der Waals surface area contributed by atoms with Gasteiger partial charge in [-0.25, -0.2) is 0 Å². The number of rotatable bonds is 7. The summed E-state index contributed by atoms with van der Waals surface area (Å²) in [5, 5.41) is 8.90.